The number of unbranched alkanes of at least 4 members (excludes halogenated alkanes) is 1. The number of aliphatic carboxylic acids is 1. The molecule has 1 rings (SSSR count). The van der Waals surface area contributed by atoms with E-state index in [1.54, 1.807) is 6.92 Å². The maximum Gasteiger partial charge on any atom is 0.573 e. The maximum absolute atomic E-state index is 12.1. The van der Waals surface area contributed by atoms with E-state index in [0.717, 1.165) is 0 Å². The lowest BCUT2D eigenvalue weighted by molar-refractivity contribution is -0.274. The largest absolute Gasteiger partial charge is 0.573 e. The second-order valence-electron chi connectivity index (χ2n) is 5.01. The summed E-state index contributed by atoms with van der Waals surface area (Å²) < 4.78 is 39.9. The first-order valence-electron chi connectivity index (χ1n) is 7.04. The fraction of sp³-hybridized carbons (Fsp3) is 0.467. The van der Waals surface area contributed by atoms with Gasteiger partial charge in [-0.3, -0.25) is 9.59 Å². The van der Waals surface area contributed by atoms with Crippen LogP contribution in [-0.4, -0.2) is 23.3 Å². The van der Waals surface area contributed by atoms with E-state index >= 15 is 0 Å². The fourth-order valence-corrected chi connectivity index (χ4v) is 1.92. The highest BCUT2D eigenvalue weighted by molar-refractivity contribution is 5.76. The normalized spacial score (nSPS) is 12.5. The van der Waals surface area contributed by atoms with Gasteiger partial charge < -0.3 is 15.2 Å². The molecule has 1 atom stereocenters. The molecule has 2 N–H and O–H groups in total. The van der Waals surface area contributed by atoms with Gasteiger partial charge in [0.25, 0.3) is 0 Å². The molecule has 0 aliphatic rings. The van der Waals surface area contributed by atoms with E-state index in [0.29, 0.717) is 18.4 Å². The minimum atomic E-state index is -4.74. The van der Waals surface area contributed by atoms with Gasteiger partial charge in [-0.1, -0.05) is 12.1 Å². The molecule has 0 aliphatic heterocycles. The average molecular weight is 333 g/mol. The zero-order valence-electron chi connectivity index (χ0n) is 12.5. The smallest absolute Gasteiger partial charge is 0.481 e. The number of carbonyl (C=O) groups is 2. The molecule has 1 amide bonds. The number of amides is 1. The summed E-state index contributed by atoms with van der Waals surface area (Å²) in [6, 6.07) is 4.87. The average Bonchev–Trinajstić information content (AvgIpc) is 2.42. The second kappa shape index (κ2) is 8.40. The van der Waals surface area contributed by atoms with Crippen LogP contribution >= 0.6 is 0 Å². The lowest BCUT2D eigenvalue weighted by Crippen LogP contribution is -2.26. The number of carboxylic acid groups (broad SMARTS) is 1. The van der Waals surface area contributed by atoms with Crippen molar-refractivity contribution >= 4 is 11.9 Å². The summed E-state index contributed by atoms with van der Waals surface area (Å²) >= 11 is 0. The number of carbonyl (C=O) groups excluding carboxylic acids is 1. The SMILES string of the molecule is C[C@H](NC(=O)CCCCC(=O)O)c1ccc(OC(F)(F)F)cc1. The van der Waals surface area contributed by atoms with E-state index in [4.69, 9.17) is 5.11 Å². The first-order valence-corrected chi connectivity index (χ1v) is 7.04. The van der Waals surface area contributed by atoms with Gasteiger partial charge in [0.2, 0.25) is 5.91 Å². The molecule has 0 aliphatic carbocycles. The van der Waals surface area contributed by atoms with Crippen LogP contribution in [0.15, 0.2) is 24.3 Å². The summed E-state index contributed by atoms with van der Waals surface area (Å²) in [4.78, 5) is 22.0. The third-order valence-corrected chi connectivity index (χ3v) is 3.04. The minimum absolute atomic E-state index is 0.0174. The molecular formula is C15H18F3NO4. The molecule has 0 bridgehead atoms. The highest BCUT2D eigenvalue weighted by Gasteiger charge is 2.31. The molecule has 1 aromatic rings. The highest BCUT2D eigenvalue weighted by Crippen LogP contribution is 2.24. The van der Waals surface area contributed by atoms with E-state index in [-0.39, 0.29) is 30.5 Å². The number of hydrogen-bond acceptors (Lipinski definition) is 3. The standard InChI is InChI=1S/C15H18F3NO4/c1-10(19-13(20)4-2-3-5-14(21)22)11-6-8-12(9-7-11)23-15(16,17)18/h6-10H,2-5H2,1H3,(H,19,20)(H,21,22)/t10-/m0/s1. The number of ether oxygens (including phenoxy) is 1. The van der Waals surface area contributed by atoms with Crippen LogP contribution in [0.2, 0.25) is 0 Å². The van der Waals surface area contributed by atoms with Crippen molar-refractivity contribution in [2.24, 2.45) is 0 Å². The third kappa shape index (κ3) is 8.08. The number of halogens is 3. The van der Waals surface area contributed by atoms with E-state index in [1.165, 1.54) is 24.3 Å². The summed E-state index contributed by atoms with van der Waals surface area (Å²) in [6.07, 6.45) is -3.64. The molecule has 0 saturated carbocycles. The molecule has 0 aromatic heterocycles. The second-order valence-corrected chi connectivity index (χ2v) is 5.01. The molecule has 23 heavy (non-hydrogen) atoms. The van der Waals surface area contributed by atoms with Crippen molar-refractivity contribution in [3.05, 3.63) is 29.8 Å². The number of benzene rings is 1. The van der Waals surface area contributed by atoms with E-state index in [9.17, 15) is 22.8 Å². The number of hydrogen-bond donors (Lipinski definition) is 2. The van der Waals surface area contributed by atoms with Crippen LogP contribution in [0.4, 0.5) is 13.2 Å². The Bertz CT molecular complexity index is 529. The lowest BCUT2D eigenvalue weighted by atomic mass is 10.1. The predicted molar refractivity (Wildman–Crippen MR) is 75.8 cm³/mol. The zero-order chi connectivity index (χ0) is 17.5. The van der Waals surface area contributed by atoms with Crippen molar-refractivity contribution in [3.8, 4) is 5.75 Å². The van der Waals surface area contributed by atoms with E-state index < -0.39 is 12.3 Å². The van der Waals surface area contributed by atoms with Gasteiger partial charge in [-0.25, -0.2) is 0 Å². The van der Waals surface area contributed by atoms with Gasteiger partial charge in [-0.2, -0.15) is 0 Å². The first kappa shape index (κ1) is 18.8. The zero-order valence-corrected chi connectivity index (χ0v) is 12.5. The van der Waals surface area contributed by atoms with Crippen molar-refractivity contribution in [1.82, 2.24) is 5.32 Å². The minimum Gasteiger partial charge on any atom is -0.481 e. The summed E-state index contributed by atoms with van der Waals surface area (Å²) in [7, 11) is 0. The Labute approximate surface area is 131 Å². The number of nitrogens with one attached hydrogen (secondary N) is 1. The molecule has 0 heterocycles. The molecule has 0 radical (unpaired) electrons. The first-order chi connectivity index (χ1) is 10.7. The summed E-state index contributed by atoms with van der Waals surface area (Å²) in [5.41, 5.74) is 0.637. The number of carboxylic acids is 1. The Balaban J connectivity index is 2.43. The molecular weight excluding hydrogens is 315 g/mol. The third-order valence-electron chi connectivity index (χ3n) is 3.04. The van der Waals surface area contributed by atoms with Crippen LogP contribution in [-0.2, 0) is 9.59 Å². The quantitative estimate of drug-likeness (QED) is 0.715. The Morgan fingerprint density at radius 1 is 1.17 bits per heavy atom. The molecule has 1 aromatic carbocycles. The van der Waals surface area contributed by atoms with Crippen molar-refractivity contribution < 1.29 is 32.6 Å². The highest BCUT2D eigenvalue weighted by atomic mass is 19.4. The molecule has 0 fully saturated rings. The Morgan fingerprint density at radius 2 is 1.74 bits per heavy atom. The Morgan fingerprint density at radius 3 is 2.26 bits per heavy atom. The molecule has 0 unspecified atom stereocenters. The van der Waals surface area contributed by atoms with Crippen LogP contribution in [0.1, 0.15) is 44.2 Å². The van der Waals surface area contributed by atoms with Gasteiger partial charge >= 0.3 is 12.3 Å². The summed E-state index contributed by atoms with van der Waals surface area (Å²) in [5, 5.41) is 11.2. The van der Waals surface area contributed by atoms with E-state index in [1.807, 2.05) is 0 Å². The van der Waals surface area contributed by atoms with Crippen LogP contribution in [0.3, 0.4) is 0 Å². The Hall–Kier alpha value is -2.25. The monoisotopic (exact) mass is 333 g/mol. The van der Waals surface area contributed by atoms with Crippen LogP contribution in [0.5, 0.6) is 5.75 Å². The van der Waals surface area contributed by atoms with Gasteiger partial charge in [0.15, 0.2) is 0 Å². The number of alkyl halides is 3. The van der Waals surface area contributed by atoms with Crippen molar-refractivity contribution in [2.45, 2.75) is 45.0 Å². The summed E-state index contributed by atoms with van der Waals surface area (Å²) in [5.74, 6) is -1.47. The van der Waals surface area contributed by atoms with Gasteiger partial charge in [-0.15, -0.1) is 13.2 Å². The molecule has 128 valence electrons. The molecule has 0 saturated heterocycles. The van der Waals surface area contributed by atoms with Gasteiger partial charge in [-0.05, 0) is 37.5 Å². The van der Waals surface area contributed by atoms with Crippen LogP contribution in [0, 0.1) is 0 Å². The van der Waals surface area contributed by atoms with Crippen molar-refractivity contribution in [1.29, 1.82) is 0 Å². The topological polar surface area (TPSA) is 75.6 Å². The molecule has 5 nitrogen and oxygen atoms in total. The van der Waals surface area contributed by atoms with Crippen LogP contribution < -0.4 is 10.1 Å². The predicted octanol–water partition coefficient (Wildman–Crippen LogP) is 3.41. The Kier molecular flexibility index (Phi) is 6.87. The van der Waals surface area contributed by atoms with Crippen molar-refractivity contribution in [3.63, 3.8) is 0 Å². The van der Waals surface area contributed by atoms with Crippen LogP contribution in [0.25, 0.3) is 0 Å². The van der Waals surface area contributed by atoms with Gasteiger partial charge in [0.1, 0.15) is 5.75 Å². The number of rotatable bonds is 8. The van der Waals surface area contributed by atoms with Gasteiger partial charge in [0, 0.05) is 12.8 Å². The van der Waals surface area contributed by atoms with Crippen molar-refractivity contribution in [2.75, 3.05) is 0 Å². The van der Waals surface area contributed by atoms with E-state index in [2.05, 4.69) is 10.1 Å². The maximum atomic E-state index is 12.1. The van der Waals surface area contributed by atoms with Gasteiger partial charge in [0.05, 0.1) is 6.04 Å². The molecule has 8 heteroatoms. The fourth-order valence-electron chi connectivity index (χ4n) is 1.92. The summed E-state index contributed by atoms with van der Waals surface area (Å²) in [6.45, 7) is 1.70. The molecule has 0 spiro atoms. The lowest BCUT2D eigenvalue weighted by Gasteiger charge is -2.15.